The molecule has 0 bridgehead atoms. The van der Waals surface area contributed by atoms with Crippen molar-refractivity contribution in [1.82, 2.24) is 14.5 Å². The van der Waals surface area contributed by atoms with Crippen LogP contribution in [0.15, 0.2) is 104 Å². The van der Waals surface area contributed by atoms with Crippen LogP contribution >= 0.6 is 0 Å². The number of carbonyl (C=O) groups is 1. The Bertz CT molecular complexity index is 1110. The number of hydrogen-bond acceptors (Lipinski definition) is 3. The van der Waals surface area contributed by atoms with Crippen molar-refractivity contribution in [2.24, 2.45) is 0 Å². The third kappa shape index (κ3) is 7.07. The first-order valence-electron chi connectivity index (χ1n) is 11.4. The van der Waals surface area contributed by atoms with Gasteiger partial charge >= 0.3 is 0 Å². The second-order valence-electron chi connectivity index (χ2n) is 8.02. The van der Waals surface area contributed by atoms with Gasteiger partial charge in [0.1, 0.15) is 11.5 Å². The highest BCUT2D eigenvalue weighted by atomic mass is 16.5. The van der Waals surface area contributed by atoms with Gasteiger partial charge in [0, 0.05) is 38.4 Å². The average molecular weight is 440 g/mol. The van der Waals surface area contributed by atoms with Gasteiger partial charge in [-0.1, -0.05) is 60.7 Å². The van der Waals surface area contributed by atoms with Crippen LogP contribution in [-0.2, 0) is 24.3 Å². The van der Waals surface area contributed by atoms with Crippen LogP contribution in [0.2, 0.25) is 0 Å². The van der Waals surface area contributed by atoms with Gasteiger partial charge in [0.15, 0.2) is 0 Å². The first-order valence-corrected chi connectivity index (χ1v) is 11.4. The third-order valence-corrected chi connectivity index (χ3v) is 5.48. The van der Waals surface area contributed by atoms with Crippen molar-refractivity contribution in [3.8, 4) is 11.5 Å². The Morgan fingerprint density at radius 1 is 0.879 bits per heavy atom. The van der Waals surface area contributed by atoms with E-state index in [9.17, 15) is 4.79 Å². The molecule has 4 rings (SSSR count). The van der Waals surface area contributed by atoms with E-state index in [1.54, 1.807) is 6.20 Å². The topological polar surface area (TPSA) is 47.4 Å². The van der Waals surface area contributed by atoms with Crippen LogP contribution < -0.4 is 4.74 Å². The molecular weight excluding hydrogens is 410 g/mol. The molecule has 3 aromatic carbocycles. The number of imidazole rings is 1. The fourth-order valence-corrected chi connectivity index (χ4v) is 3.76. The minimum Gasteiger partial charge on any atom is -0.457 e. The monoisotopic (exact) mass is 439 g/mol. The van der Waals surface area contributed by atoms with Gasteiger partial charge in [0.25, 0.3) is 0 Å². The predicted octanol–water partition coefficient (Wildman–Crippen LogP) is 5.73. The molecule has 33 heavy (non-hydrogen) atoms. The molecule has 0 saturated carbocycles. The maximum absolute atomic E-state index is 13.2. The zero-order valence-electron chi connectivity index (χ0n) is 18.7. The molecule has 0 aliphatic carbocycles. The van der Waals surface area contributed by atoms with Gasteiger partial charge in [-0.15, -0.1) is 0 Å². The average Bonchev–Trinajstić information content (AvgIpc) is 3.37. The van der Waals surface area contributed by atoms with Crippen molar-refractivity contribution in [1.29, 1.82) is 0 Å². The van der Waals surface area contributed by atoms with Crippen molar-refractivity contribution in [2.75, 3.05) is 6.54 Å². The minimum absolute atomic E-state index is 0.166. The lowest BCUT2D eigenvalue weighted by Crippen LogP contribution is -2.32. The summed E-state index contributed by atoms with van der Waals surface area (Å²) in [5.74, 6) is 1.73. The summed E-state index contributed by atoms with van der Waals surface area (Å²) in [6, 6.07) is 27.9. The molecule has 0 unspecified atom stereocenters. The number of hydrogen-bond donors (Lipinski definition) is 0. The number of ether oxygens (including phenoxy) is 1. The van der Waals surface area contributed by atoms with Gasteiger partial charge in [-0.2, -0.15) is 0 Å². The molecule has 0 aliphatic heterocycles. The Kier molecular flexibility index (Phi) is 7.90. The molecule has 0 saturated heterocycles. The number of aromatic nitrogens is 2. The lowest BCUT2D eigenvalue weighted by Gasteiger charge is -2.23. The number of rotatable bonds is 11. The third-order valence-electron chi connectivity index (χ3n) is 5.48. The highest BCUT2D eigenvalue weighted by molar-refractivity contribution is 5.76. The SMILES string of the molecule is O=C(CCc1ccccc1)N(CCCn1ccnc1)Cc1cccc(Oc2ccccc2)c1. The van der Waals surface area contributed by atoms with Gasteiger partial charge in [-0.3, -0.25) is 4.79 Å². The molecule has 0 aliphatic rings. The van der Waals surface area contributed by atoms with Crippen LogP contribution in [0.25, 0.3) is 0 Å². The van der Waals surface area contributed by atoms with E-state index in [1.165, 1.54) is 5.56 Å². The lowest BCUT2D eigenvalue weighted by atomic mass is 10.1. The van der Waals surface area contributed by atoms with Crippen molar-refractivity contribution < 1.29 is 9.53 Å². The van der Waals surface area contributed by atoms with Gasteiger partial charge in [-0.25, -0.2) is 4.98 Å². The Hall–Kier alpha value is -3.86. The van der Waals surface area contributed by atoms with Crippen LogP contribution in [-0.4, -0.2) is 26.9 Å². The predicted molar refractivity (Wildman–Crippen MR) is 130 cm³/mol. The largest absolute Gasteiger partial charge is 0.457 e. The molecule has 0 fully saturated rings. The highest BCUT2D eigenvalue weighted by Crippen LogP contribution is 2.22. The summed E-state index contributed by atoms with van der Waals surface area (Å²) in [7, 11) is 0. The molecule has 0 N–H and O–H groups in total. The van der Waals surface area contributed by atoms with Gasteiger partial charge in [0.05, 0.1) is 6.33 Å². The maximum atomic E-state index is 13.2. The van der Waals surface area contributed by atoms with E-state index >= 15 is 0 Å². The molecule has 5 nitrogen and oxygen atoms in total. The summed E-state index contributed by atoms with van der Waals surface area (Å²) < 4.78 is 8.03. The molecule has 1 aromatic heterocycles. The quantitative estimate of drug-likeness (QED) is 0.300. The van der Waals surface area contributed by atoms with E-state index in [-0.39, 0.29) is 5.91 Å². The molecule has 4 aromatic rings. The van der Waals surface area contributed by atoms with Gasteiger partial charge in [-0.05, 0) is 48.2 Å². The normalized spacial score (nSPS) is 10.7. The van der Waals surface area contributed by atoms with Crippen molar-refractivity contribution in [3.63, 3.8) is 0 Å². The summed E-state index contributed by atoms with van der Waals surface area (Å²) in [5, 5.41) is 0. The molecule has 0 spiro atoms. The number of para-hydroxylation sites is 1. The lowest BCUT2D eigenvalue weighted by molar-refractivity contribution is -0.131. The van der Waals surface area contributed by atoms with E-state index in [4.69, 9.17) is 4.74 Å². The fourth-order valence-electron chi connectivity index (χ4n) is 3.76. The van der Waals surface area contributed by atoms with E-state index in [2.05, 4.69) is 17.1 Å². The second kappa shape index (κ2) is 11.7. The number of aryl methyl sites for hydroxylation is 2. The first-order chi connectivity index (χ1) is 16.3. The zero-order chi connectivity index (χ0) is 22.7. The van der Waals surface area contributed by atoms with Crippen LogP contribution in [0.3, 0.4) is 0 Å². The summed E-state index contributed by atoms with van der Waals surface area (Å²) >= 11 is 0. The van der Waals surface area contributed by atoms with Crippen molar-refractivity contribution in [3.05, 3.63) is 115 Å². The maximum Gasteiger partial charge on any atom is 0.223 e. The Balaban J connectivity index is 1.41. The number of nitrogens with zero attached hydrogens (tertiary/aromatic N) is 3. The van der Waals surface area contributed by atoms with Crippen LogP contribution in [0.4, 0.5) is 0 Å². The van der Waals surface area contributed by atoms with Gasteiger partial charge < -0.3 is 14.2 Å². The summed E-state index contributed by atoms with van der Waals surface area (Å²) in [5.41, 5.74) is 2.24. The van der Waals surface area contributed by atoms with E-state index in [0.717, 1.165) is 36.4 Å². The molecule has 1 amide bonds. The molecule has 1 heterocycles. The highest BCUT2D eigenvalue weighted by Gasteiger charge is 2.15. The standard InChI is InChI=1S/C28H29N3O2/c32-28(16-15-24-9-3-1-4-10-24)31(19-8-18-30-20-17-29-23-30)22-25-11-7-14-27(21-25)33-26-12-5-2-6-13-26/h1-7,9-14,17,20-21,23H,8,15-16,18-19,22H2. The van der Waals surface area contributed by atoms with Crippen molar-refractivity contribution >= 4 is 5.91 Å². The number of amides is 1. The molecule has 0 radical (unpaired) electrons. The Morgan fingerprint density at radius 2 is 1.61 bits per heavy atom. The van der Waals surface area contributed by atoms with Crippen LogP contribution in [0.1, 0.15) is 24.0 Å². The van der Waals surface area contributed by atoms with E-state index in [1.807, 2.05) is 94.8 Å². The molecular formula is C28H29N3O2. The fraction of sp³-hybridized carbons (Fsp3) is 0.214. The van der Waals surface area contributed by atoms with E-state index < -0.39 is 0 Å². The molecule has 0 atom stereocenters. The molecule has 5 heteroatoms. The van der Waals surface area contributed by atoms with Gasteiger partial charge in [0.2, 0.25) is 5.91 Å². The number of carbonyl (C=O) groups excluding carboxylic acids is 1. The minimum atomic E-state index is 0.166. The smallest absolute Gasteiger partial charge is 0.223 e. The Morgan fingerprint density at radius 3 is 2.36 bits per heavy atom. The zero-order valence-corrected chi connectivity index (χ0v) is 18.7. The summed E-state index contributed by atoms with van der Waals surface area (Å²) in [6.07, 6.45) is 7.65. The second-order valence-corrected chi connectivity index (χ2v) is 8.02. The van der Waals surface area contributed by atoms with Crippen LogP contribution in [0, 0.1) is 0 Å². The van der Waals surface area contributed by atoms with Crippen LogP contribution in [0.5, 0.6) is 11.5 Å². The van der Waals surface area contributed by atoms with E-state index in [0.29, 0.717) is 19.5 Å². The number of benzene rings is 3. The Labute approximate surface area is 195 Å². The van der Waals surface area contributed by atoms with Crippen molar-refractivity contribution in [2.45, 2.75) is 32.4 Å². The summed E-state index contributed by atoms with van der Waals surface area (Å²) in [4.78, 5) is 19.2. The summed E-state index contributed by atoms with van der Waals surface area (Å²) in [6.45, 7) is 2.08. The first kappa shape index (κ1) is 22.3. The molecule has 168 valence electrons.